The highest BCUT2D eigenvalue weighted by molar-refractivity contribution is 5.99. The molecule has 0 saturated carbocycles. The number of H-pyrrole nitrogens is 1. The highest BCUT2D eigenvalue weighted by Gasteiger charge is 2.16. The number of carbonyl (C=O) groups is 1. The number of nitrogens with one attached hydrogen (secondary N) is 2. The molecule has 2 aromatic carbocycles. The van der Waals surface area contributed by atoms with Gasteiger partial charge in [-0.3, -0.25) is 9.89 Å². The fourth-order valence-electron chi connectivity index (χ4n) is 2.69. The van der Waals surface area contributed by atoms with Gasteiger partial charge in [-0.1, -0.05) is 12.1 Å². The molecule has 0 aliphatic carbocycles. The molecule has 140 valence electrons. The minimum atomic E-state index is -0.218. The zero-order valence-electron chi connectivity index (χ0n) is 15.4. The van der Waals surface area contributed by atoms with Crippen molar-refractivity contribution in [2.75, 3.05) is 21.3 Å². The van der Waals surface area contributed by atoms with E-state index in [4.69, 9.17) is 14.2 Å². The second kappa shape index (κ2) is 8.27. The number of aromatic nitrogens is 2. The molecule has 27 heavy (non-hydrogen) atoms. The maximum Gasteiger partial charge on any atom is 0.255 e. The SMILES string of the molecule is COc1ccc(CNC(=O)c2cn[nH]c2-c2ccc(OC)c(OC)c2)cc1. The van der Waals surface area contributed by atoms with E-state index in [1.807, 2.05) is 30.3 Å². The van der Waals surface area contributed by atoms with Gasteiger partial charge in [-0.2, -0.15) is 5.10 Å². The minimum Gasteiger partial charge on any atom is -0.497 e. The Kier molecular flexibility index (Phi) is 5.61. The van der Waals surface area contributed by atoms with Crippen LogP contribution in [0.5, 0.6) is 17.2 Å². The van der Waals surface area contributed by atoms with Gasteiger partial charge < -0.3 is 19.5 Å². The number of hydrogen-bond acceptors (Lipinski definition) is 5. The number of hydrogen-bond donors (Lipinski definition) is 2. The molecule has 7 heteroatoms. The van der Waals surface area contributed by atoms with Crippen LogP contribution in [0, 0.1) is 0 Å². The number of rotatable bonds is 7. The Morgan fingerprint density at radius 2 is 1.74 bits per heavy atom. The van der Waals surface area contributed by atoms with Gasteiger partial charge in [0.2, 0.25) is 0 Å². The number of aromatic amines is 1. The first-order valence-electron chi connectivity index (χ1n) is 8.33. The van der Waals surface area contributed by atoms with E-state index in [0.29, 0.717) is 29.3 Å². The maximum absolute atomic E-state index is 12.6. The van der Waals surface area contributed by atoms with Crippen molar-refractivity contribution in [2.24, 2.45) is 0 Å². The molecule has 0 aliphatic rings. The quantitative estimate of drug-likeness (QED) is 0.670. The summed E-state index contributed by atoms with van der Waals surface area (Å²) in [5.41, 5.74) is 2.82. The van der Waals surface area contributed by atoms with Crippen LogP contribution in [-0.2, 0) is 6.54 Å². The predicted molar refractivity (Wildman–Crippen MR) is 101 cm³/mol. The normalized spacial score (nSPS) is 10.3. The Morgan fingerprint density at radius 3 is 2.41 bits per heavy atom. The van der Waals surface area contributed by atoms with Gasteiger partial charge in [0.25, 0.3) is 5.91 Å². The molecule has 0 spiro atoms. The molecule has 0 unspecified atom stereocenters. The first-order valence-corrected chi connectivity index (χ1v) is 8.33. The summed E-state index contributed by atoms with van der Waals surface area (Å²) in [6.07, 6.45) is 1.51. The van der Waals surface area contributed by atoms with Gasteiger partial charge in [0.15, 0.2) is 11.5 Å². The van der Waals surface area contributed by atoms with E-state index >= 15 is 0 Å². The number of ether oxygens (including phenoxy) is 3. The zero-order chi connectivity index (χ0) is 19.2. The smallest absolute Gasteiger partial charge is 0.255 e. The molecule has 0 saturated heterocycles. The molecule has 1 heterocycles. The van der Waals surface area contributed by atoms with E-state index in [9.17, 15) is 4.79 Å². The van der Waals surface area contributed by atoms with Crippen LogP contribution in [0.2, 0.25) is 0 Å². The molecule has 0 radical (unpaired) electrons. The van der Waals surface area contributed by atoms with Crippen LogP contribution in [0.4, 0.5) is 0 Å². The van der Waals surface area contributed by atoms with E-state index in [0.717, 1.165) is 16.9 Å². The monoisotopic (exact) mass is 367 g/mol. The maximum atomic E-state index is 12.6. The fraction of sp³-hybridized carbons (Fsp3) is 0.200. The molecular formula is C20H21N3O4. The summed E-state index contributed by atoms with van der Waals surface area (Å²) in [5.74, 6) is 1.75. The summed E-state index contributed by atoms with van der Waals surface area (Å²) in [6, 6.07) is 13.0. The Hall–Kier alpha value is -3.48. The van der Waals surface area contributed by atoms with E-state index in [1.54, 1.807) is 33.5 Å². The highest BCUT2D eigenvalue weighted by atomic mass is 16.5. The lowest BCUT2D eigenvalue weighted by molar-refractivity contribution is 0.0951. The van der Waals surface area contributed by atoms with Gasteiger partial charge in [-0.05, 0) is 35.9 Å². The number of benzene rings is 2. The standard InChI is InChI=1S/C20H21N3O4/c1-25-15-7-4-13(5-8-15)11-21-20(24)16-12-22-23-19(16)14-6-9-17(26-2)18(10-14)27-3/h4-10,12H,11H2,1-3H3,(H,21,24)(H,22,23). The van der Waals surface area contributed by atoms with Crippen LogP contribution in [-0.4, -0.2) is 37.4 Å². The van der Waals surface area contributed by atoms with Crippen molar-refractivity contribution in [1.29, 1.82) is 0 Å². The second-order valence-electron chi connectivity index (χ2n) is 5.76. The number of nitrogens with zero attached hydrogens (tertiary/aromatic N) is 1. The van der Waals surface area contributed by atoms with Gasteiger partial charge in [-0.25, -0.2) is 0 Å². The van der Waals surface area contributed by atoms with E-state index < -0.39 is 0 Å². The van der Waals surface area contributed by atoms with Gasteiger partial charge in [0.05, 0.1) is 38.8 Å². The molecule has 3 rings (SSSR count). The van der Waals surface area contributed by atoms with Crippen LogP contribution < -0.4 is 19.5 Å². The van der Waals surface area contributed by atoms with Gasteiger partial charge >= 0.3 is 0 Å². The number of methoxy groups -OCH3 is 3. The first kappa shape index (κ1) is 18.3. The summed E-state index contributed by atoms with van der Waals surface area (Å²) < 4.78 is 15.7. The average molecular weight is 367 g/mol. The van der Waals surface area contributed by atoms with E-state index in [2.05, 4.69) is 15.5 Å². The Labute approximate surface area is 157 Å². The molecule has 7 nitrogen and oxygen atoms in total. The Balaban J connectivity index is 1.76. The van der Waals surface area contributed by atoms with Crippen molar-refractivity contribution in [3.05, 3.63) is 59.8 Å². The molecule has 2 N–H and O–H groups in total. The third kappa shape index (κ3) is 4.03. The molecule has 0 aliphatic heterocycles. The van der Waals surface area contributed by atoms with Crippen LogP contribution in [0.25, 0.3) is 11.3 Å². The minimum absolute atomic E-state index is 0.218. The summed E-state index contributed by atoms with van der Waals surface area (Å²) in [7, 11) is 4.76. The van der Waals surface area contributed by atoms with E-state index in [-0.39, 0.29) is 5.91 Å². The van der Waals surface area contributed by atoms with Crippen LogP contribution in [0.15, 0.2) is 48.7 Å². The van der Waals surface area contributed by atoms with Gasteiger partial charge in [0.1, 0.15) is 5.75 Å². The number of amides is 1. The van der Waals surface area contributed by atoms with Gasteiger partial charge in [0, 0.05) is 12.1 Å². The van der Waals surface area contributed by atoms with Crippen molar-refractivity contribution in [2.45, 2.75) is 6.54 Å². The second-order valence-corrected chi connectivity index (χ2v) is 5.76. The van der Waals surface area contributed by atoms with E-state index in [1.165, 1.54) is 6.20 Å². The van der Waals surface area contributed by atoms with Crippen molar-refractivity contribution in [1.82, 2.24) is 15.5 Å². The molecular weight excluding hydrogens is 346 g/mol. The molecule has 1 amide bonds. The molecule has 1 aromatic heterocycles. The molecule has 3 aromatic rings. The van der Waals surface area contributed by atoms with Crippen molar-refractivity contribution < 1.29 is 19.0 Å². The third-order valence-electron chi connectivity index (χ3n) is 4.17. The Bertz CT molecular complexity index is 919. The highest BCUT2D eigenvalue weighted by Crippen LogP contribution is 2.32. The summed E-state index contributed by atoms with van der Waals surface area (Å²) in [4.78, 5) is 12.6. The Morgan fingerprint density at radius 1 is 1.00 bits per heavy atom. The van der Waals surface area contributed by atoms with Crippen molar-refractivity contribution in [3.8, 4) is 28.5 Å². The zero-order valence-corrected chi connectivity index (χ0v) is 15.4. The summed E-state index contributed by atoms with van der Waals surface area (Å²) in [6.45, 7) is 0.402. The lowest BCUT2D eigenvalue weighted by Gasteiger charge is -2.10. The lowest BCUT2D eigenvalue weighted by atomic mass is 10.1. The molecule has 0 bridgehead atoms. The molecule has 0 atom stereocenters. The third-order valence-corrected chi connectivity index (χ3v) is 4.17. The topological polar surface area (TPSA) is 85.5 Å². The number of carbonyl (C=O) groups excluding carboxylic acids is 1. The first-order chi connectivity index (χ1) is 13.2. The summed E-state index contributed by atoms with van der Waals surface area (Å²) >= 11 is 0. The van der Waals surface area contributed by atoms with Gasteiger partial charge in [-0.15, -0.1) is 0 Å². The predicted octanol–water partition coefficient (Wildman–Crippen LogP) is 3.03. The molecule has 0 fully saturated rings. The summed E-state index contributed by atoms with van der Waals surface area (Å²) in [5, 5.41) is 9.81. The van der Waals surface area contributed by atoms with Crippen LogP contribution >= 0.6 is 0 Å². The van der Waals surface area contributed by atoms with Crippen molar-refractivity contribution in [3.63, 3.8) is 0 Å². The average Bonchev–Trinajstić information content (AvgIpc) is 3.21. The fourth-order valence-corrected chi connectivity index (χ4v) is 2.69. The lowest BCUT2D eigenvalue weighted by Crippen LogP contribution is -2.22. The largest absolute Gasteiger partial charge is 0.497 e. The van der Waals surface area contributed by atoms with Crippen molar-refractivity contribution >= 4 is 5.91 Å². The van der Waals surface area contributed by atoms with Crippen LogP contribution in [0.1, 0.15) is 15.9 Å². The van der Waals surface area contributed by atoms with Crippen LogP contribution in [0.3, 0.4) is 0 Å².